The van der Waals surface area contributed by atoms with E-state index in [0.29, 0.717) is 12.2 Å². The lowest BCUT2D eigenvalue weighted by atomic mass is 9.94. The fraction of sp³-hybridized carbons (Fsp3) is 0.652. The molecule has 0 unspecified atom stereocenters. The molecular formula is C23H32O13. The first kappa shape index (κ1) is 30.6. The van der Waals surface area contributed by atoms with Crippen molar-refractivity contribution in [2.45, 2.75) is 83.9 Å². The minimum atomic E-state index is -1.39. The Kier molecular flexibility index (Phi) is 13.2. The fourth-order valence-electron chi connectivity index (χ4n) is 3.01. The van der Waals surface area contributed by atoms with Crippen LogP contribution in [0.4, 0.5) is 0 Å². The molecule has 0 saturated carbocycles. The van der Waals surface area contributed by atoms with E-state index in [9.17, 15) is 28.8 Å². The van der Waals surface area contributed by atoms with Gasteiger partial charge in [0.1, 0.15) is 25.4 Å². The summed E-state index contributed by atoms with van der Waals surface area (Å²) in [5, 5.41) is 8.66. The van der Waals surface area contributed by atoms with E-state index in [2.05, 4.69) is 0 Å². The van der Waals surface area contributed by atoms with Crippen molar-refractivity contribution in [3.8, 4) is 0 Å². The van der Waals surface area contributed by atoms with Gasteiger partial charge in [0, 0.05) is 37.8 Å². The summed E-state index contributed by atoms with van der Waals surface area (Å²) >= 11 is 0. The highest BCUT2D eigenvalue weighted by Crippen LogP contribution is 2.30. The molecule has 13 nitrogen and oxygen atoms in total. The van der Waals surface area contributed by atoms with Crippen molar-refractivity contribution in [3.05, 3.63) is 12.2 Å². The minimum Gasteiger partial charge on any atom is -0.478 e. The third-order valence-electron chi connectivity index (χ3n) is 4.85. The second-order valence-electron chi connectivity index (χ2n) is 7.48. The molecule has 0 amide bonds. The predicted molar refractivity (Wildman–Crippen MR) is 118 cm³/mol. The van der Waals surface area contributed by atoms with Crippen LogP contribution >= 0.6 is 0 Å². The summed E-state index contributed by atoms with van der Waals surface area (Å²) in [4.78, 5) is 70.9. The molecule has 36 heavy (non-hydrogen) atoms. The highest BCUT2D eigenvalue weighted by molar-refractivity contribution is 5.90. The second-order valence-corrected chi connectivity index (χ2v) is 7.48. The lowest BCUT2D eigenvalue weighted by Gasteiger charge is -2.44. The zero-order valence-electron chi connectivity index (χ0n) is 20.6. The van der Waals surface area contributed by atoms with Crippen LogP contribution in [-0.4, -0.2) is 84.7 Å². The van der Waals surface area contributed by atoms with Crippen molar-refractivity contribution in [2.24, 2.45) is 0 Å². The number of carbonyl (C=O) groups excluding carboxylic acids is 5. The van der Waals surface area contributed by atoms with Gasteiger partial charge in [0.15, 0.2) is 18.3 Å². The number of aliphatic carboxylic acids is 1. The van der Waals surface area contributed by atoms with Gasteiger partial charge in [-0.15, -0.1) is 0 Å². The highest BCUT2D eigenvalue weighted by atomic mass is 16.7. The maximum Gasteiger partial charge on any atom is 0.331 e. The van der Waals surface area contributed by atoms with Gasteiger partial charge in [-0.05, 0) is 0 Å². The van der Waals surface area contributed by atoms with Crippen molar-refractivity contribution < 1.29 is 62.3 Å². The van der Waals surface area contributed by atoms with Gasteiger partial charge in [0.2, 0.25) is 0 Å². The molecule has 1 saturated heterocycles. The summed E-state index contributed by atoms with van der Waals surface area (Å²) in [5.74, 6) is -5.08. The Morgan fingerprint density at radius 2 is 1.06 bits per heavy atom. The van der Waals surface area contributed by atoms with E-state index in [1.165, 1.54) is 20.8 Å². The molecule has 202 valence electrons. The number of esters is 5. The van der Waals surface area contributed by atoms with E-state index in [0.717, 1.165) is 0 Å². The Morgan fingerprint density at radius 1 is 0.639 bits per heavy atom. The van der Waals surface area contributed by atoms with Crippen LogP contribution in [0.5, 0.6) is 0 Å². The molecule has 0 aromatic rings. The summed E-state index contributed by atoms with van der Waals surface area (Å²) < 4.78 is 32.4. The molecule has 0 aromatic carbocycles. The van der Waals surface area contributed by atoms with Gasteiger partial charge in [0.25, 0.3) is 0 Å². The summed E-state index contributed by atoms with van der Waals surface area (Å²) in [6.45, 7) is 5.18. The SMILES string of the molecule is CCC(=O)OC[C@H]1O[C@@H](COC(=O)/C=C/C(=O)O)[C@@H](OC(=O)CC)[C@@H](OC(=O)CC)[C@H]1OC(=O)CC. The van der Waals surface area contributed by atoms with Gasteiger partial charge in [-0.3, -0.25) is 19.2 Å². The van der Waals surface area contributed by atoms with Crippen LogP contribution in [0, 0.1) is 0 Å². The van der Waals surface area contributed by atoms with Gasteiger partial charge in [0.05, 0.1) is 0 Å². The Hall–Kier alpha value is -3.48. The first-order chi connectivity index (χ1) is 17.1. The average molecular weight is 516 g/mol. The zero-order valence-corrected chi connectivity index (χ0v) is 20.6. The van der Waals surface area contributed by atoms with Crippen molar-refractivity contribution in [2.75, 3.05) is 13.2 Å². The van der Waals surface area contributed by atoms with Crippen LogP contribution < -0.4 is 0 Å². The number of ether oxygens (including phenoxy) is 6. The monoisotopic (exact) mass is 516 g/mol. The molecule has 1 aliphatic rings. The number of carbonyl (C=O) groups is 6. The lowest BCUT2D eigenvalue weighted by molar-refractivity contribution is -0.259. The van der Waals surface area contributed by atoms with Gasteiger partial charge in [-0.1, -0.05) is 27.7 Å². The van der Waals surface area contributed by atoms with E-state index in [1.807, 2.05) is 0 Å². The summed E-state index contributed by atoms with van der Waals surface area (Å²) in [6, 6.07) is 0. The number of rotatable bonds is 13. The predicted octanol–water partition coefficient (Wildman–Crippen LogP) is 0.856. The highest BCUT2D eigenvalue weighted by Gasteiger charge is 2.52. The number of carboxylic acids is 1. The Bertz CT molecular complexity index is 834. The largest absolute Gasteiger partial charge is 0.478 e. The van der Waals surface area contributed by atoms with Crippen LogP contribution in [0.25, 0.3) is 0 Å². The van der Waals surface area contributed by atoms with Crippen LogP contribution in [-0.2, 0) is 57.2 Å². The molecule has 5 atom stereocenters. The van der Waals surface area contributed by atoms with Gasteiger partial charge >= 0.3 is 35.8 Å². The average Bonchev–Trinajstić information content (AvgIpc) is 2.86. The standard InChI is InChI=1S/C23H32O13/c1-5-16(26)31-11-13-21(34-17(27)6-2)23(36-19(29)8-4)22(35-18(28)7-3)14(33-13)12-32-20(30)10-9-15(24)25/h9-10,13-14,21-23H,5-8,11-12H2,1-4H3,(H,24,25)/b10-9+/t13-,14+,21+,22-,23+/m1/s1. The minimum absolute atomic E-state index is 0.0389. The van der Waals surface area contributed by atoms with Crippen LogP contribution in [0.15, 0.2) is 12.2 Å². The van der Waals surface area contributed by atoms with Crippen molar-refractivity contribution in [3.63, 3.8) is 0 Å². The lowest BCUT2D eigenvalue weighted by Crippen LogP contribution is -2.63. The van der Waals surface area contributed by atoms with Gasteiger partial charge in [-0.25, -0.2) is 9.59 Å². The normalized spacial score (nSPS) is 23.4. The number of hydrogen-bond acceptors (Lipinski definition) is 12. The maximum absolute atomic E-state index is 12.2. The van der Waals surface area contributed by atoms with Gasteiger partial charge < -0.3 is 33.5 Å². The molecule has 0 aromatic heterocycles. The molecule has 1 rings (SSSR count). The number of carboxylic acid groups (broad SMARTS) is 1. The molecule has 1 heterocycles. The zero-order chi connectivity index (χ0) is 27.3. The number of hydrogen-bond donors (Lipinski definition) is 1. The molecule has 0 spiro atoms. The Labute approximate surface area is 208 Å². The molecule has 1 fully saturated rings. The molecule has 13 heteroatoms. The molecule has 0 bridgehead atoms. The van der Waals surface area contributed by atoms with Crippen molar-refractivity contribution in [1.82, 2.24) is 0 Å². The van der Waals surface area contributed by atoms with Gasteiger partial charge in [-0.2, -0.15) is 0 Å². The van der Waals surface area contributed by atoms with Crippen molar-refractivity contribution in [1.29, 1.82) is 0 Å². The van der Waals surface area contributed by atoms with Crippen LogP contribution in [0.2, 0.25) is 0 Å². The fourth-order valence-corrected chi connectivity index (χ4v) is 3.01. The molecule has 1 aliphatic heterocycles. The molecule has 1 N–H and O–H groups in total. The second kappa shape index (κ2) is 15.5. The summed E-state index contributed by atoms with van der Waals surface area (Å²) in [5.41, 5.74) is 0. The molecule has 0 radical (unpaired) electrons. The topological polar surface area (TPSA) is 178 Å². The quantitative estimate of drug-likeness (QED) is 0.207. The summed E-state index contributed by atoms with van der Waals surface area (Å²) in [6.07, 6.45) is -5.40. The van der Waals surface area contributed by atoms with E-state index >= 15 is 0 Å². The smallest absolute Gasteiger partial charge is 0.331 e. The Balaban J connectivity index is 3.38. The van der Waals surface area contributed by atoms with Crippen molar-refractivity contribution >= 4 is 35.8 Å². The van der Waals surface area contributed by atoms with Crippen LogP contribution in [0.1, 0.15) is 53.4 Å². The first-order valence-corrected chi connectivity index (χ1v) is 11.5. The van der Waals surface area contributed by atoms with E-state index in [4.69, 9.17) is 33.5 Å². The third-order valence-corrected chi connectivity index (χ3v) is 4.85. The Morgan fingerprint density at radius 3 is 1.47 bits per heavy atom. The van der Waals surface area contributed by atoms with E-state index < -0.39 is 79.5 Å². The third kappa shape index (κ3) is 10.0. The van der Waals surface area contributed by atoms with Crippen LogP contribution in [0.3, 0.4) is 0 Å². The van der Waals surface area contributed by atoms with E-state index in [-0.39, 0.29) is 25.7 Å². The molecule has 0 aliphatic carbocycles. The molecular weight excluding hydrogens is 484 g/mol. The first-order valence-electron chi connectivity index (χ1n) is 11.5. The van der Waals surface area contributed by atoms with E-state index in [1.54, 1.807) is 6.92 Å². The summed E-state index contributed by atoms with van der Waals surface area (Å²) in [7, 11) is 0. The maximum atomic E-state index is 12.2.